The highest BCUT2D eigenvalue weighted by molar-refractivity contribution is 5.86. The van der Waals surface area contributed by atoms with E-state index in [4.69, 9.17) is 5.73 Å². The number of unbranched alkanes of at least 4 members (excludes halogenated alkanes) is 1. The van der Waals surface area contributed by atoms with Crippen molar-refractivity contribution in [2.24, 2.45) is 5.73 Å². The molecule has 17 heavy (non-hydrogen) atoms. The second-order valence-electron chi connectivity index (χ2n) is 4.19. The molecule has 2 aromatic rings. The van der Waals surface area contributed by atoms with E-state index in [1.165, 1.54) is 0 Å². The van der Waals surface area contributed by atoms with Gasteiger partial charge in [0.2, 0.25) is 0 Å². The van der Waals surface area contributed by atoms with Gasteiger partial charge in [0.25, 0.3) is 0 Å². The zero-order chi connectivity index (χ0) is 12.3. The molecule has 2 heterocycles. The number of fused-ring (bicyclic) bond motifs is 1. The van der Waals surface area contributed by atoms with E-state index in [2.05, 4.69) is 15.1 Å². The third-order valence-corrected chi connectivity index (χ3v) is 2.66. The minimum Gasteiger partial charge on any atom is -0.362 e. The summed E-state index contributed by atoms with van der Waals surface area (Å²) in [5.41, 5.74) is 6.37. The fourth-order valence-corrected chi connectivity index (χ4v) is 1.81. The van der Waals surface area contributed by atoms with Gasteiger partial charge < -0.3 is 10.6 Å². The third-order valence-electron chi connectivity index (χ3n) is 2.66. The molecular weight excluding hydrogens is 216 g/mol. The normalized spacial score (nSPS) is 11.0. The van der Waals surface area contributed by atoms with E-state index < -0.39 is 0 Å². The first-order chi connectivity index (χ1) is 8.24. The van der Waals surface area contributed by atoms with Crippen molar-refractivity contribution in [3.05, 3.63) is 12.5 Å². The molecule has 6 heteroatoms. The average Bonchev–Trinajstić information content (AvgIpc) is 2.72. The molecule has 0 aromatic carbocycles. The van der Waals surface area contributed by atoms with Crippen LogP contribution in [0.3, 0.4) is 0 Å². The molecule has 2 N–H and O–H groups in total. The maximum Gasteiger partial charge on any atom is 0.163 e. The predicted octanol–water partition coefficient (Wildman–Crippen LogP) is 0.631. The second-order valence-corrected chi connectivity index (χ2v) is 4.19. The molecule has 0 atom stereocenters. The van der Waals surface area contributed by atoms with Crippen LogP contribution in [0.15, 0.2) is 12.5 Å². The van der Waals surface area contributed by atoms with Gasteiger partial charge in [0, 0.05) is 20.6 Å². The van der Waals surface area contributed by atoms with Crippen molar-refractivity contribution in [3.63, 3.8) is 0 Å². The summed E-state index contributed by atoms with van der Waals surface area (Å²) in [5, 5.41) is 5.35. The number of nitrogens with zero attached hydrogens (tertiary/aromatic N) is 5. The van der Waals surface area contributed by atoms with E-state index in [1.807, 2.05) is 29.9 Å². The molecule has 0 bridgehead atoms. The molecule has 92 valence electrons. The quantitative estimate of drug-likeness (QED) is 0.768. The van der Waals surface area contributed by atoms with Crippen LogP contribution in [0.5, 0.6) is 0 Å². The minimum absolute atomic E-state index is 0.719. The van der Waals surface area contributed by atoms with Crippen molar-refractivity contribution in [2.75, 3.05) is 25.5 Å². The lowest BCUT2D eigenvalue weighted by Crippen LogP contribution is -2.11. The van der Waals surface area contributed by atoms with Gasteiger partial charge in [-0.3, -0.25) is 0 Å². The van der Waals surface area contributed by atoms with Gasteiger partial charge >= 0.3 is 0 Å². The van der Waals surface area contributed by atoms with E-state index in [-0.39, 0.29) is 0 Å². The van der Waals surface area contributed by atoms with E-state index in [0.717, 1.165) is 42.8 Å². The molecular formula is C11H18N6. The highest BCUT2D eigenvalue weighted by Gasteiger charge is 2.10. The predicted molar refractivity (Wildman–Crippen MR) is 67.9 cm³/mol. The smallest absolute Gasteiger partial charge is 0.163 e. The number of rotatable bonds is 5. The van der Waals surface area contributed by atoms with Gasteiger partial charge in [0.15, 0.2) is 5.65 Å². The Balaban J connectivity index is 2.31. The van der Waals surface area contributed by atoms with Crippen molar-refractivity contribution in [1.29, 1.82) is 0 Å². The van der Waals surface area contributed by atoms with E-state index >= 15 is 0 Å². The molecule has 0 amide bonds. The molecule has 2 rings (SSSR count). The Kier molecular flexibility index (Phi) is 3.53. The summed E-state index contributed by atoms with van der Waals surface area (Å²) in [4.78, 5) is 10.5. The number of hydrogen-bond acceptors (Lipinski definition) is 5. The van der Waals surface area contributed by atoms with E-state index in [9.17, 15) is 0 Å². The highest BCUT2D eigenvalue weighted by Crippen LogP contribution is 2.20. The summed E-state index contributed by atoms with van der Waals surface area (Å²) in [6, 6.07) is 0. The van der Waals surface area contributed by atoms with Crippen molar-refractivity contribution >= 4 is 16.9 Å². The average molecular weight is 234 g/mol. The molecule has 0 radical (unpaired) electrons. The van der Waals surface area contributed by atoms with Crippen LogP contribution in [0, 0.1) is 0 Å². The molecule has 0 saturated carbocycles. The van der Waals surface area contributed by atoms with Gasteiger partial charge in [-0.15, -0.1) is 0 Å². The minimum atomic E-state index is 0.719. The van der Waals surface area contributed by atoms with Crippen molar-refractivity contribution < 1.29 is 0 Å². The monoisotopic (exact) mass is 234 g/mol. The number of hydrogen-bond donors (Lipinski definition) is 1. The number of nitrogens with two attached hydrogens (primary N) is 1. The lowest BCUT2D eigenvalue weighted by atomic mass is 10.3. The molecule has 0 saturated heterocycles. The van der Waals surface area contributed by atoms with Crippen LogP contribution in [0.4, 0.5) is 5.82 Å². The zero-order valence-electron chi connectivity index (χ0n) is 10.3. The summed E-state index contributed by atoms with van der Waals surface area (Å²) in [5.74, 6) is 0.903. The Hall–Kier alpha value is -1.69. The molecule has 0 spiro atoms. The highest BCUT2D eigenvalue weighted by atomic mass is 15.3. The first-order valence-corrected chi connectivity index (χ1v) is 5.78. The molecule has 0 aliphatic carbocycles. The van der Waals surface area contributed by atoms with Gasteiger partial charge in [0.05, 0.1) is 11.6 Å². The number of anilines is 1. The summed E-state index contributed by atoms with van der Waals surface area (Å²) in [7, 11) is 3.93. The largest absolute Gasteiger partial charge is 0.362 e. The molecule has 0 aliphatic heterocycles. The van der Waals surface area contributed by atoms with Crippen LogP contribution in [0.1, 0.15) is 12.8 Å². The maximum atomic E-state index is 5.48. The van der Waals surface area contributed by atoms with Gasteiger partial charge in [-0.1, -0.05) is 0 Å². The van der Waals surface area contributed by atoms with Crippen LogP contribution in [-0.2, 0) is 6.54 Å². The topological polar surface area (TPSA) is 72.9 Å². The van der Waals surface area contributed by atoms with Crippen LogP contribution in [0.2, 0.25) is 0 Å². The summed E-state index contributed by atoms with van der Waals surface area (Å²) in [6.07, 6.45) is 5.44. The van der Waals surface area contributed by atoms with Gasteiger partial charge in [0.1, 0.15) is 12.1 Å². The fourth-order valence-electron chi connectivity index (χ4n) is 1.81. The Morgan fingerprint density at radius 3 is 2.82 bits per heavy atom. The van der Waals surface area contributed by atoms with Gasteiger partial charge in [-0.2, -0.15) is 5.10 Å². The standard InChI is InChI=1S/C11H18N6/c1-16(2)10-9-7-15-17(6-4-3-5-12)11(9)14-8-13-10/h7-8H,3-6,12H2,1-2H3. The maximum absolute atomic E-state index is 5.48. The molecule has 6 nitrogen and oxygen atoms in total. The van der Waals surface area contributed by atoms with Crippen LogP contribution in [-0.4, -0.2) is 40.4 Å². The number of aromatic nitrogens is 4. The fraction of sp³-hybridized carbons (Fsp3) is 0.545. The van der Waals surface area contributed by atoms with Crippen LogP contribution < -0.4 is 10.6 Å². The Morgan fingerprint density at radius 1 is 1.29 bits per heavy atom. The summed E-state index contributed by atoms with van der Waals surface area (Å²) < 4.78 is 1.92. The van der Waals surface area contributed by atoms with Gasteiger partial charge in [-0.25, -0.2) is 14.6 Å². The first kappa shape index (κ1) is 11.8. The van der Waals surface area contributed by atoms with Crippen molar-refractivity contribution in [3.8, 4) is 0 Å². The zero-order valence-corrected chi connectivity index (χ0v) is 10.3. The lowest BCUT2D eigenvalue weighted by molar-refractivity contribution is 0.573. The Bertz CT molecular complexity index is 490. The summed E-state index contributed by atoms with van der Waals surface area (Å²) >= 11 is 0. The van der Waals surface area contributed by atoms with E-state index in [1.54, 1.807) is 6.33 Å². The molecule has 0 unspecified atom stereocenters. The van der Waals surface area contributed by atoms with Crippen LogP contribution in [0.25, 0.3) is 11.0 Å². The summed E-state index contributed by atoms with van der Waals surface area (Å²) in [6.45, 7) is 1.57. The first-order valence-electron chi connectivity index (χ1n) is 5.78. The molecule has 2 aromatic heterocycles. The lowest BCUT2D eigenvalue weighted by Gasteiger charge is -2.11. The second kappa shape index (κ2) is 5.09. The molecule has 0 aliphatic rings. The Labute approximate surface area is 100 Å². The van der Waals surface area contributed by atoms with Crippen molar-refractivity contribution in [1.82, 2.24) is 19.7 Å². The Morgan fingerprint density at radius 2 is 2.12 bits per heavy atom. The van der Waals surface area contributed by atoms with Gasteiger partial charge in [-0.05, 0) is 19.4 Å². The SMILES string of the molecule is CN(C)c1ncnc2c1cnn2CCCCN. The van der Waals surface area contributed by atoms with Crippen molar-refractivity contribution in [2.45, 2.75) is 19.4 Å². The van der Waals surface area contributed by atoms with Crippen LogP contribution >= 0.6 is 0 Å². The molecule has 0 fully saturated rings. The van der Waals surface area contributed by atoms with E-state index in [0.29, 0.717) is 0 Å². The third kappa shape index (κ3) is 2.36. The number of aryl methyl sites for hydroxylation is 1.